The second-order valence-electron chi connectivity index (χ2n) is 8.44. The van der Waals surface area contributed by atoms with Gasteiger partial charge in [-0.05, 0) is 18.1 Å². The Balaban J connectivity index is 1.82. The number of nitrogens with two attached hydrogens (primary N) is 1. The van der Waals surface area contributed by atoms with Gasteiger partial charge in [0.05, 0.1) is 19.3 Å². The van der Waals surface area contributed by atoms with Crippen molar-refractivity contribution < 1.29 is 13.9 Å². The van der Waals surface area contributed by atoms with Gasteiger partial charge in [-0.15, -0.1) is 0 Å². The molecule has 0 spiro atoms. The fourth-order valence-electron chi connectivity index (χ4n) is 2.95. The van der Waals surface area contributed by atoms with Crippen LogP contribution in [-0.4, -0.2) is 48.8 Å². The van der Waals surface area contributed by atoms with E-state index < -0.39 is 43.5 Å². The third kappa shape index (κ3) is 3.04. The zero-order valence-electron chi connectivity index (χ0n) is 15.4. The average Bonchev–Trinajstić information content (AvgIpc) is 2.95. The Morgan fingerprint density at radius 2 is 2.12 bits per heavy atom. The summed E-state index contributed by atoms with van der Waals surface area (Å²) in [4.78, 5) is 25.6. The van der Waals surface area contributed by atoms with Crippen molar-refractivity contribution in [1.82, 2.24) is 9.55 Å². The Bertz CT molecular complexity index is 768. The third-order valence-electron chi connectivity index (χ3n) is 5.73. The molecule has 3 N–H and O–H groups in total. The van der Waals surface area contributed by atoms with Crippen molar-refractivity contribution in [2.24, 2.45) is 5.73 Å². The van der Waals surface area contributed by atoms with Crippen LogP contribution in [0.2, 0.25) is 18.1 Å². The van der Waals surface area contributed by atoms with Crippen molar-refractivity contribution in [3.8, 4) is 0 Å². The van der Waals surface area contributed by atoms with Gasteiger partial charge in [0.15, 0.2) is 14.5 Å². The molecule has 4 atom stereocenters. The van der Waals surface area contributed by atoms with E-state index in [0.717, 1.165) is 0 Å². The molecule has 1 aromatic rings. The molecule has 25 heavy (non-hydrogen) atoms. The van der Waals surface area contributed by atoms with Crippen LogP contribution in [0.1, 0.15) is 27.0 Å². The summed E-state index contributed by atoms with van der Waals surface area (Å²) in [5.74, 6) is 0. The average molecular weight is 369 g/mol. The maximum atomic E-state index is 12.1. The quantitative estimate of drug-likeness (QED) is 0.751. The van der Waals surface area contributed by atoms with Crippen LogP contribution in [0, 0.1) is 0 Å². The van der Waals surface area contributed by atoms with Gasteiger partial charge in [0, 0.05) is 12.3 Å². The van der Waals surface area contributed by atoms with Crippen LogP contribution in [0.3, 0.4) is 0 Å². The lowest BCUT2D eigenvalue weighted by Gasteiger charge is -2.40. The molecule has 3 rings (SSSR count). The first-order valence-electron chi connectivity index (χ1n) is 8.47. The van der Waals surface area contributed by atoms with Crippen molar-refractivity contribution in [2.75, 3.05) is 13.2 Å². The summed E-state index contributed by atoms with van der Waals surface area (Å²) < 4.78 is 19.6. The smallest absolute Gasteiger partial charge is 0.330 e. The second kappa shape index (κ2) is 5.88. The summed E-state index contributed by atoms with van der Waals surface area (Å²) >= 11 is 0. The molecule has 2 bridgehead atoms. The van der Waals surface area contributed by atoms with Gasteiger partial charge in [-0.3, -0.25) is 14.3 Å². The summed E-state index contributed by atoms with van der Waals surface area (Å²) in [6.07, 6.45) is 0.285. The number of hydrogen-bond acceptors (Lipinski definition) is 6. The van der Waals surface area contributed by atoms with Gasteiger partial charge >= 0.3 is 5.69 Å². The first kappa shape index (κ1) is 18.5. The van der Waals surface area contributed by atoms with Gasteiger partial charge in [0.25, 0.3) is 5.56 Å². The Morgan fingerprint density at radius 3 is 2.72 bits per heavy atom. The highest BCUT2D eigenvalue weighted by Crippen LogP contribution is 2.45. The molecular formula is C16H27N3O5Si. The van der Waals surface area contributed by atoms with Crippen molar-refractivity contribution >= 4 is 8.32 Å². The van der Waals surface area contributed by atoms with Gasteiger partial charge < -0.3 is 19.6 Å². The number of rotatable bonds is 4. The van der Waals surface area contributed by atoms with Crippen molar-refractivity contribution in [2.45, 2.75) is 62.9 Å². The summed E-state index contributed by atoms with van der Waals surface area (Å²) in [6.45, 7) is 11.5. The number of aromatic amines is 1. The first-order chi connectivity index (χ1) is 11.5. The van der Waals surface area contributed by atoms with E-state index in [9.17, 15) is 9.59 Å². The monoisotopic (exact) mass is 369 g/mol. The predicted octanol–water partition coefficient (Wildman–Crippen LogP) is 0.552. The highest BCUT2D eigenvalue weighted by molar-refractivity contribution is 6.74. The van der Waals surface area contributed by atoms with Gasteiger partial charge in [-0.1, -0.05) is 20.8 Å². The maximum absolute atomic E-state index is 12.1. The van der Waals surface area contributed by atoms with E-state index in [0.29, 0.717) is 13.2 Å². The number of ether oxygens (including phenoxy) is 2. The maximum Gasteiger partial charge on any atom is 0.330 e. The number of fused-ring (bicyclic) bond motifs is 2. The third-order valence-corrected chi connectivity index (χ3v) is 10.2. The van der Waals surface area contributed by atoms with Crippen LogP contribution in [0.15, 0.2) is 21.9 Å². The molecule has 2 saturated heterocycles. The van der Waals surface area contributed by atoms with Crippen LogP contribution in [-0.2, 0) is 13.9 Å². The number of hydrogen-bond donors (Lipinski definition) is 2. The molecule has 9 heteroatoms. The number of nitrogens with zero attached hydrogens (tertiary/aromatic N) is 1. The molecule has 2 aliphatic rings. The van der Waals surface area contributed by atoms with Gasteiger partial charge in [0.1, 0.15) is 11.7 Å². The summed E-state index contributed by atoms with van der Waals surface area (Å²) in [6, 6.07) is 0.877. The zero-order chi connectivity index (χ0) is 18.6. The molecule has 140 valence electrons. The zero-order valence-corrected chi connectivity index (χ0v) is 16.4. The van der Waals surface area contributed by atoms with Crippen molar-refractivity contribution in [3.05, 3.63) is 33.1 Å². The number of nitrogens with one attached hydrogen (secondary N) is 1. The van der Waals surface area contributed by atoms with E-state index in [4.69, 9.17) is 19.6 Å². The standard InChI is InChI=1S/C16H27N3O5Si/c1-15(2,3)25(4,5)23-9-16-8-22-11(12(16)17)13(24-16)19-7-6-10(20)18-14(19)21/h6-7,11-13H,8-9,17H2,1-5H3,(H,18,20,21)/t11-,12+,13-,16-/m1/s1. The fourth-order valence-corrected chi connectivity index (χ4v) is 3.99. The van der Waals surface area contributed by atoms with E-state index in [1.807, 2.05) is 0 Å². The molecule has 2 aliphatic heterocycles. The molecule has 0 amide bonds. The van der Waals surface area contributed by atoms with Crippen LogP contribution >= 0.6 is 0 Å². The van der Waals surface area contributed by atoms with Crippen LogP contribution in [0.4, 0.5) is 0 Å². The van der Waals surface area contributed by atoms with E-state index in [-0.39, 0.29) is 5.04 Å². The lowest BCUT2D eigenvalue weighted by Crippen LogP contribution is -2.53. The van der Waals surface area contributed by atoms with E-state index in [1.165, 1.54) is 16.8 Å². The molecular weight excluding hydrogens is 342 g/mol. The van der Waals surface area contributed by atoms with Gasteiger partial charge in [-0.2, -0.15) is 0 Å². The molecule has 0 aromatic carbocycles. The van der Waals surface area contributed by atoms with Crippen LogP contribution in [0.25, 0.3) is 0 Å². The van der Waals surface area contributed by atoms with Gasteiger partial charge in [0.2, 0.25) is 0 Å². The number of H-pyrrole nitrogens is 1. The fraction of sp³-hybridized carbons (Fsp3) is 0.750. The normalized spacial score (nSPS) is 32.3. The summed E-state index contributed by atoms with van der Waals surface area (Å²) in [5, 5.41) is 0.0699. The number of aromatic nitrogens is 2. The minimum Gasteiger partial charge on any atom is -0.414 e. The first-order valence-corrected chi connectivity index (χ1v) is 11.4. The van der Waals surface area contributed by atoms with Crippen LogP contribution in [0.5, 0.6) is 0 Å². The topological polar surface area (TPSA) is 109 Å². The Kier molecular flexibility index (Phi) is 4.36. The Labute approximate surface area is 147 Å². The molecule has 0 radical (unpaired) electrons. The Morgan fingerprint density at radius 1 is 1.44 bits per heavy atom. The molecule has 1 aromatic heterocycles. The summed E-state index contributed by atoms with van der Waals surface area (Å²) in [7, 11) is -1.97. The second-order valence-corrected chi connectivity index (χ2v) is 13.3. The molecule has 0 aliphatic carbocycles. The SMILES string of the molecule is CC(C)(C)[Si](C)(C)OC[C@@]12CO[C@@H]([C@H](n3ccc(=O)[nH]c3=O)O1)[C@@H]2N. The molecule has 8 nitrogen and oxygen atoms in total. The van der Waals surface area contributed by atoms with E-state index >= 15 is 0 Å². The predicted molar refractivity (Wildman–Crippen MR) is 95.0 cm³/mol. The molecule has 0 unspecified atom stereocenters. The Hall–Kier alpha value is -1.26. The lowest BCUT2D eigenvalue weighted by atomic mass is 9.98. The largest absolute Gasteiger partial charge is 0.414 e. The highest BCUT2D eigenvalue weighted by Gasteiger charge is 2.61. The van der Waals surface area contributed by atoms with Gasteiger partial charge in [-0.25, -0.2) is 4.79 Å². The van der Waals surface area contributed by atoms with E-state index in [1.54, 1.807) is 0 Å². The van der Waals surface area contributed by atoms with Crippen molar-refractivity contribution in [1.29, 1.82) is 0 Å². The molecule has 0 saturated carbocycles. The molecule has 3 heterocycles. The molecule has 2 fully saturated rings. The minimum absolute atomic E-state index is 0.0699. The minimum atomic E-state index is -1.97. The highest BCUT2D eigenvalue weighted by atomic mass is 28.4. The summed E-state index contributed by atoms with van der Waals surface area (Å²) in [5.41, 5.74) is 4.59. The van der Waals surface area contributed by atoms with E-state index in [2.05, 4.69) is 38.8 Å². The van der Waals surface area contributed by atoms with Crippen molar-refractivity contribution in [3.63, 3.8) is 0 Å². The van der Waals surface area contributed by atoms with Crippen LogP contribution < -0.4 is 17.0 Å². The lowest BCUT2D eigenvalue weighted by molar-refractivity contribution is -0.183.